The molecule has 0 bridgehead atoms. The van der Waals surface area contributed by atoms with Gasteiger partial charge in [0.25, 0.3) is 0 Å². The van der Waals surface area contributed by atoms with E-state index in [1.54, 1.807) is 6.07 Å². The molecule has 1 saturated heterocycles. The molecule has 6 heteroatoms. The fourth-order valence-electron chi connectivity index (χ4n) is 3.87. The van der Waals surface area contributed by atoms with Crippen LogP contribution in [0.2, 0.25) is 0 Å². The Labute approximate surface area is 164 Å². The Kier molecular flexibility index (Phi) is 4.89. The summed E-state index contributed by atoms with van der Waals surface area (Å²) >= 11 is 0. The first-order valence-corrected chi connectivity index (χ1v) is 9.77. The van der Waals surface area contributed by atoms with E-state index < -0.39 is 0 Å². The van der Waals surface area contributed by atoms with Gasteiger partial charge < -0.3 is 15.2 Å². The predicted molar refractivity (Wildman–Crippen MR) is 110 cm³/mol. The van der Waals surface area contributed by atoms with Crippen LogP contribution in [0.25, 0.3) is 22.4 Å². The maximum Gasteiger partial charge on any atom is 0.241 e. The topological polar surface area (TPSA) is 59.0 Å². The van der Waals surface area contributed by atoms with E-state index in [9.17, 15) is 9.18 Å². The third kappa shape index (κ3) is 3.40. The number of nitrogens with one attached hydrogen (secondary N) is 2. The zero-order chi connectivity index (χ0) is 19.8. The summed E-state index contributed by atoms with van der Waals surface area (Å²) in [5.41, 5.74) is 4.28. The Morgan fingerprint density at radius 3 is 2.79 bits per heavy atom. The van der Waals surface area contributed by atoms with Crippen LogP contribution in [0.1, 0.15) is 38.3 Å². The molecule has 1 fully saturated rings. The van der Waals surface area contributed by atoms with E-state index in [1.165, 1.54) is 12.1 Å². The van der Waals surface area contributed by atoms with Gasteiger partial charge in [0, 0.05) is 23.4 Å². The van der Waals surface area contributed by atoms with Crippen molar-refractivity contribution in [3.8, 4) is 11.4 Å². The van der Waals surface area contributed by atoms with Crippen LogP contribution >= 0.6 is 0 Å². The first kappa shape index (κ1) is 18.6. The lowest BCUT2D eigenvalue weighted by atomic mass is 10.1. The van der Waals surface area contributed by atoms with E-state index in [0.717, 1.165) is 47.5 Å². The SMILES string of the molecule is Cc1cc(-c2nc3cc(F)ccc3n2C(C)C)ccc1NC(=O)C1CCCN1. The molecular formula is C22H25FN4O. The number of carbonyl (C=O) groups excluding carboxylic acids is 1. The Hall–Kier alpha value is -2.73. The molecule has 0 radical (unpaired) electrons. The highest BCUT2D eigenvalue weighted by atomic mass is 19.1. The van der Waals surface area contributed by atoms with E-state index in [-0.39, 0.29) is 23.8 Å². The van der Waals surface area contributed by atoms with Gasteiger partial charge in [0.1, 0.15) is 11.6 Å². The molecule has 1 aliphatic rings. The van der Waals surface area contributed by atoms with Crippen LogP contribution in [-0.4, -0.2) is 28.0 Å². The van der Waals surface area contributed by atoms with E-state index in [2.05, 4.69) is 34.0 Å². The molecular weight excluding hydrogens is 355 g/mol. The van der Waals surface area contributed by atoms with Crippen molar-refractivity contribution >= 4 is 22.6 Å². The van der Waals surface area contributed by atoms with E-state index >= 15 is 0 Å². The zero-order valence-corrected chi connectivity index (χ0v) is 16.4. The van der Waals surface area contributed by atoms with Gasteiger partial charge in [-0.1, -0.05) is 0 Å². The molecule has 1 unspecified atom stereocenters. The van der Waals surface area contributed by atoms with Gasteiger partial charge in [0.2, 0.25) is 5.91 Å². The third-order valence-corrected chi connectivity index (χ3v) is 5.29. The molecule has 1 atom stereocenters. The average Bonchev–Trinajstić information content (AvgIpc) is 3.30. The predicted octanol–water partition coefficient (Wildman–Crippen LogP) is 4.42. The number of halogens is 1. The van der Waals surface area contributed by atoms with Gasteiger partial charge in [-0.3, -0.25) is 4.79 Å². The van der Waals surface area contributed by atoms with Crippen molar-refractivity contribution in [2.24, 2.45) is 0 Å². The van der Waals surface area contributed by atoms with Crippen molar-refractivity contribution in [1.29, 1.82) is 0 Å². The van der Waals surface area contributed by atoms with Crippen molar-refractivity contribution in [2.45, 2.75) is 45.7 Å². The lowest BCUT2D eigenvalue weighted by Gasteiger charge is -2.16. The lowest BCUT2D eigenvalue weighted by molar-refractivity contribution is -0.117. The number of anilines is 1. The minimum Gasteiger partial charge on any atom is -0.324 e. The average molecular weight is 380 g/mol. The minimum absolute atomic E-state index is 0.0123. The molecule has 2 N–H and O–H groups in total. The Morgan fingerprint density at radius 2 is 2.11 bits per heavy atom. The molecule has 5 nitrogen and oxygen atoms in total. The standard InChI is InChI=1S/C22H25FN4O/c1-13(2)27-20-9-7-16(23)12-19(20)25-21(27)15-6-8-17(14(3)11-15)26-22(28)18-5-4-10-24-18/h6-9,11-13,18,24H,4-5,10H2,1-3H3,(H,26,28). The maximum absolute atomic E-state index is 13.7. The summed E-state index contributed by atoms with van der Waals surface area (Å²) in [5, 5.41) is 6.24. The Balaban J connectivity index is 1.69. The lowest BCUT2D eigenvalue weighted by Crippen LogP contribution is -2.35. The number of hydrogen-bond donors (Lipinski definition) is 2. The molecule has 0 aliphatic carbocycles. The van der Waals surface area contributed by atoms with Crippen molar-refractivity contribution in [3.63, 3.8) is 0 Å². The number of imidazole rings is 1. The molecule has 28 heavy (non-hydrogen) atoms. The number of hydrogen-bond acceptors (Lipinski definition) is 3. The molecule has 1 aliphatic heterocycles. The number of benzene rings is 2. The second-order valence-corrected chi connectivity index (χ2v) is 7.70. The van der Waals surface area contributed by atoms with E-state index in [0.29, 0.717) is 5.52 Å². The van der Waals surface area contributed by atoms with Crippen LogP contribution in [0.15, 0.2) is 36.4 Å². The van der Waals surface area contributed by atoms with Gasteiger partial charge in [-0.05, 0) is 76.1 Å². The van der Waals surface area contributed by atoms with Crippen LogP contribution in [-0.2, 0) is 4.79 Å². The molecule has 2 aromatic carbocycles. The molecule has 1 aromatic heterocycles. The maximum atomic E-state index is 13.7. The first-order valence-electron chi connectivity index (χ1n) is 9.77. The number of rotatable bonds is 4. The van der Waals surface area contributed by atoms with Crippen molar-refractivity contribution in [3.05, 3.63) is 47.8 Å². The van der Waals surface area contributed by atoms with Gasteiger partial charge in [-0.2, -0.15) is 0 Å². The highest BCUT2D eigenvalue weighted by molar-refractivity contribution is 5.96. The summed E-state index contributed by atoms with van der Waals surface area (Å²) in [7, 11) is 0. The summed E-state index contributed by atoms with van der Waals surface area (Å²) in [5.74, 6) is 0.523. The first-order chi connectivity index (χ1) is 13.4. The molecule has 4 rings (SSSR count). The Bertz CT molecular complexity index is 1030. The third-order valence-electron chi connectivity index (χ3n) is 5.29. The van der Waals surface area contributed by atoms with E-state index in [1.807, 2.05) is 25.1 Å². The van der Waals surface area contributed by atoms with Crippen LogP contribution in [0.3, 0.4) is 0 Å². The van der Waals surface area contributed by atoms with Gasteiger partial charge in [-0.15, -0.1) is 0 Å². The second-order valence-electron chi connectivity index (χ2n) is 7.70. The second kappa shape index (κ2) is 7.36. The minimum atomic E-state index is -0.290. The number of amides is 1. The number of carbonyl (C=O) groups is 1. The van der Waals surface area contributed by atoms with Crippen molar-refractivity contribution in [2.75, 3.05) is 11.9 Å². The smallest absolute Gasteiger partial charge is 0.241 e. The fraction of sp³-hybridized carbons (Fsp3) is 0.364. The summed E-state index contributed by atoms with van der Waals surface area (Å²) in [4.78, 5) is 17.1. The number of nitrogens with zero attached hydrogens (tertiary/aromatic N) is 2. The molecule has 0 saturated carbocycles. The number of aromatic nitrogens is 2. The normalized spacial score (nSPS) is 16.8. The molecule has 2 heterocycles. The van der Waals surface area contributed by atoms with Crippen LogP contribution in [0, 0.1) is 12.7 Å². The number of fused-ring (bicyclic) bond motifs is 1. The van der Waals surface area contributed by atoms with Gasteiger partial charge >= 0.3 is 0 Å². The van der Waals surface area contributed by atoms with Crippen LogP contribution in [0.5, 0.6) is 0 Å². The highest BCUT2D eigenvalue weighted by Crippen LogP contribution is 2.31. The quantitative estimate of drug-likeness (QED) is 0.704. The summed E-state index contributed by atoms with van der Waals surface area (Å²) in [6, 6.07) is 10.7. The van der Waals surface area contributed by atoms with Crippen molar-refractivity contribution in [1.82, 2.24) is 14.9 Å². The summed E-state index contributed by atoms with van der Waals surface area (Å²) in [6.07, 6.45) is 1.90. The summed E-state index contributed by atoms with van der Waals surface area (Å²) < 4.78 is 15.8. The largest absolute Gasteiger partial charge is 0.324 e. The fourth-order valence-corrected chi connectivity index (χ4v) is 3.87. The van der Waals surface area contributed by atoms with Gasteiger partial charge in [0.15, 0.2) is 0 Å². The van der Waals surface area contributed by atoms with Gasteiger partial charge in [-0.25, -0.2) is 9.37 Å². The molecule has 3 aromatic rings. The molecule has 1 amide bonds. The molecule has 0 spiro atoms. The Morgan fingerprint density at radius 1 is 1.29 bits per heavy atom. The summed E-state index contributed by atoms with van der Waals surface area (Å²) in [6.45, 7) is 7.04. The molecule has 146 valence electrons. The van der Waals surface area contributed by atoms with Crippen LogP contribution in [0.4, 0.5) is 10.1 Å². The zero-order valence-electron chi connectivity index (χ0n) is 16.4. The monoisotopic (exact) mass is 380 g/mol. The van der Waals surface area contributed by atoms with E-state index in [4.69, 9.17) is 0 Å². The van der Waals surface area contributed by atoms with Crippen molar-refractivity contribution < 1.29 is 9.18 Å². The highest BCUT2D eigenvalue weighted by Gasteiger charge is 2.22. The number of aryl methyl sites for hydroxylation is 1. The van der Waals surface area contributed by atoms with Crippen LogP contribution < -0.4 is 10.6 Å². The van der Waals surface area contributed by atoms with Gasteiger partial charge in [0.05, 0.1) is 17.1 Å².